The molecule has 4 heteroatoms. The van der Waals surface area contributed by atoms with E-state index in [0.29, 0.717) is 11.1 Å². The van der Waals surface area contributed by atoms with Crippen LogP contribution in [-0.4, -0.2) is 13.1 Å². The molecule has 0 fully saturated rings. The van der Waals surface area contributed by atoms with Crippen molar-refractivity contribution < 1.29 is 13.9 Å². The fraction of sp³-hybridized carbons (Fsp3) is 0.235. The topological polar surface area (TPSA) is 38.3 Å². The highest BCUT2D eigenvalue weighted by Crippen LogP contribution is 2.23. The number of rotatable bonds is 4. The summed E-state index contributed by atoms with van der Waals surface area (Å²) in [7, 11) is 1.34. The number of hydrogen-bond acceptors (Lipinski definition) is 3. The van der Waals surface area contributed by atoms with Crippen molar-refractivity contribution in [2.45, 2.75) is 19.9 Å². The molecule has 0 radical (unpaired) electrons. The van der Waals surface area contributed by atoms with Crippen LogP contribution in [-0.2, 0) is 9.53 Å². The molecule has 0 saturated heterocycles. The minimum atomic E-state index is -0.669. The summed E-state index contributed by atoms with van der Waals surface area (Å²) < 4.78 is 18.2. The Kier molecular flexibility index (Phi) is 4.58. The molecular weight excluding hydrogens is 269 g/mol. The smallest absolute Gasteiger partial charge is 0.332 e. The second kappa shape index (κ2) is 6.39. The Bertz CT molecular complexity index is 638. The number of esters is 1. The van der Waals surface area contributed by atoms with E-state index in [4.69, 9.17) is 4.74 Å². The molecule has 0 aromatic heterocycles. The normalized spacial score (nSPS) is 11.8. The average molecular weight is 287 g/mol. The monoisotopic (exact) mass is 287 g/mol. The predicted molar refractivity (Wildman–Crippen MR) is 80.7 cm³/mol. The van der Waals surface area contributed by atoms with Gasteiger partial charge in [-0.2, -0.15) is 0 Å². The first-order valence-electron chi connectivity index (χ1n) is 6.68. The largest absolute Gasteiger partial charge is 0.467 e. The molecule has 1 atom stereocenters. The van der Waals surface area contributed by atoms with Crippen molar-refractivity contribution in [2.24, 2.45) is 0 Å². The van der Waals surface area contributed by atoms with Crippen molar-refractivity contribution in [3.05, 3.63) is 65.0 Å². The number of benzene rings is 2. The average Bonchev–Trinajstić information content (AvgIpc) is 2.49. The van der Waals surface area contributed by atoms with Crippen LogP contribution in [0.25, 0.3) is 0 Å². The molecule has 2 aromatic rings. The molecular formula is C17H18FNO2. The Morgan fingerprint density at radius 2 is 1.81 bits per heavy atom. The fourth-order valence-corrected chi connectivity index (χ4v) is 2.06. The number of methoxy groups -OCH3 is 1. The first-order chi connectivity index (χ1) is 10.0. The quantitative estimate of drug-likeness (QED) is 0.870. The molecule has 0 aliphatic rings. The summed E-state index contributed by atoms with van der Waals surface area (Å²) in [4.78, 5) is 12.0. The maximum Gasteiger partial charge on any atom is 0.332 e. The van der Waals surface area contributed by atoms with Crippen molar-refractivity contribution in [3.63, 3.8) is 0 Å². The summed E-state index contributed by atoms with van der Waals surface area (Å²) in [6, 6.07) is 11.6. The van der Waals surface area contributed by atoms with Gasteiger partial charge in [0.05, 0.1) is 7.11 Å². The van der Waals surface area contributed by atoms with Crippen LogP contribution in [0.15, 0.2) is 42.5 Å². The molecule has 0 aliphatic carbocycles. The third-order valence-electron chi connectivity index (χ3n) is 3.31. The standard InChI is InChI=1S/C17H18FNO2/c1-11-4-7-14(8-5-11)19-16(17(20)21-3)13-6-9-15(18)12(2)10-13/h4-10,16,19H,1-3H3. The van der Waals surface area contributed by atoms with E-state index in [9.17, 15) is 9.18 Å². The van der Waals surface area contributed by atoms with Crippen molar-refractivity contribution in [3.8, 4) is 0 Å². The zero-order valence-electron chi connectivity index (χ0n) is 12.3. The molecule has 0 aliphatic heterocycles. The molecule has 0 saturated carbocycles. The van der Waals surface area contributed by atoms with E-state index in [1.807, 2.05) is 31.2 Å². The number of nitrogens with one attached hydrogen (secondary N) is 1. The van der Waals surface area contributed by atoms with Gasteiger partial charge in [0.1, 0.15) is 5.82 Å². The molecule has 0 bridgehead atoms. The van der Waals surface area contributed by atoms with Gasteiger partial charge >= 0.3 is 5.97 Å². The van der Waals surface area contributed by atoms with Gasteiger partial charge in [-0.1, -0.05) is 29.8 Å². The lowest BCUT2D eigenvalue weighted by atomic mass is 10.0. The number of halogens is 1. The summed E-state index contributed by atoms with van der Waals surface area (Å²) in [5.41, 5.74) is 3.10. The van der Waals surface area contributed by atoms with Gasteiger partial charge in [0.15, 0.2) is 6.04 Å². The van der Waals surface area contributed by atoms with E-state index in [1.54, 1.807) is 19.1 Å². The summed E-state index contributed by atoms with van der Waals surface area (Å²) >= 11 is 0. The van der Waals surface area contributed by atoms with Gasteiger partial charge in [0, 0.05) is 5.69 Å². The molecule has 0 amide bonds. The number of hydrogen-bond donors (Lipinski definition) is 1. The molecule has 1 unspecified atom stereocenters. The summed E-state index contributed by atoms with van der Waals surface area (Å²) in [6.07, 6.45) is 0. The van der Waals surface area contributed by atoms with E-state index >= 15 is 0 Å². The van der Waals surface area contributed by atoms with Gasteiger partial charge in [-0.05, 0) is 43.2 Å². The molecule has 2 rings (SSSR count). The van der Waals surface area contributed by atoms with Crippen LogP contribution < -0.4 is 5.32 Å². The Morgan fingerprint density at radius 1 is 1.14 bits per heavy atom. The van der Waals surface area contributed by atoms with Crippen LogP contribution in [0.4, 0.5) is 10.1 Å². The van der Waals surface area contributed by atoms with Crippen molar-refractivity contribution >= 4 is 11.7 Å². The van der Waals surface area contributed by atoms with Gasteiger partial charge in [0.2, 0.25) is 0 Å². The first kappa shape index (κ1) is 15.0. The zero-order valence-corrected chi connectivity index (χ0v) is 12.3. The van der Waals surface area contributed by atoms with Gasteiger partial charge in [0.25, 0.3) is 0 Å². The molecule has 1 N–H and O–H groups in total. The van der Waals surface area contributed by atoms with Crippen molar-refractivity contribution in [2.75, 3.05) is 12.4 Å². The van der Waals surface area contributed by atoms with Crippen molar-refractivity contribution in [1.29, 1.82) is 0 Å². The minimum Gasteiger partial charge on any atom is -0.467 e. The zero-order chi connectivity index (χ0) is 15.4. The van der Waals surface area contributed by atoms with E-state index in [0.717, 1.165) is 11.3 Å². The van der Waals surface area contributed by atoms with Crippen LogP contribution in [0, 0.1) is 19.7 Å². The highest BCUT2D eigenvalue weighted by molar-refractivity contribution is 5.81. The molecule has 110 valence electrons. The Balaban J connectivity index is 2.31. The first-order valence-corrected chi connectivity index (χ1v) is 6.68. The van der Waals surface area contributed by atoms with E-state index in [2.05, 4.69) is 5.32 Å². The number of ether oxygens (including phenoxy) is 1. The second-order valence-corrected chi connectivity index (χ2v) is 4.98. The van der Waals surface area contributed by atoms with Gasteiger partial charge in [-0.15, -0.1) is 0 Å². The van der Waals surface area contributed by atoms with E-state index in [1.165, 1.54) is 13.2 Å². The lowest BCUT2D eigenvalue weighted by Crippen LogP contribution is -2.22. The van der Waals surface area contributed by atoms with Gasteiger partial charge in [-0.3, -0.25) is 0 Å². The number of carbonyl (C=O) groups excluding carboxylic acids is 1. The molecule has 0 heterocycles. The fourth-order valence-electron chi connectivity index (χ4n) is 2.06. The van der Waals surface area contributed by atoms with Crippen LogP contribution in [0.2, 0.25) is 0 Å². The lowest BCUT2D eigenvalue weighted by Gasteiger charge is -2.18. The summed E-state index contributed by atoms with van der Waals surface area (Å²) in [5.74, 6) is -0.709. The molecule has 2 aromatic carbocycles. The SMILES string of the molecule is COC(=O)C(Nc1ccc(C)cc1)c1ccc(F)c(C)c1. The van der Waals surface area contributed by atoms with Gasteiger partial charge < -0.3 is 10.1 Å². The Hall–Kier alpha value is -2.36. The van der Waals surface area contributed by atoms with E-state index < -0.39 is 12.0 Å². The highest BCUT2D eigenvalue weighted by atomic mass is 19.1. The van der Waals surface area contributed by atoms with Crippen LogP contribution >= 0.6 is 0 Å². The number of aryl methyl sites for hydroxylation is 2. The molecule has 0 spiro atoms. The second-order valence-electron chi connectivity index (χ2n) is 4.98. The third-order valence-corrected chi connectivity index (χ3v) is 3.31. The van der Waals surface area contributed by atoms with Crippen LogP contribution in [0.5, 0.6) is 0 Å². The maximum absolute atomic E-state index is 13.4. The third kappa shape index (κ3) is 3.60. The highest BCUT2D eigenvalue weighted by Gasteiger charge is 2.21. The van der Waals surface area contributed by atoms with Crippen molar-refractivity contribution in [1.82, 2.24) is 0 Å². The maximum atomic E-state index is 13.4. The molecule has 21 heavy (non-hydrogen) atoms. The number of carbonyl (C=O) groups is 1. The summed E-state index contributed by atoms with van der Waals surface area (Å²) in [5, 5.41) is 3.12. The van der Waals surface area contributed by atoms with Crippen LogP contribution in [0.1, 0.15) is 22.7 Å². The van der Waals surface area contributed by atoms with Crippen LogP contribution in [0.3, 0.4) is 0 Å². The Labute approximate surface area is 123 Å². The molecule has 3 nitrogen and oxygen atoms in total. The Morgan fingerprint density at radius 3 is 2.38 bits per heavy atom. The number of anilines is 1. The predicted octanol–water partition coefficient (Wildman–Crippen LogP) is 3.77. The minimum absolute atomic E-state index is 0.294. The summed E-state index contributed by atoms with van der Waals surface area (Å²) in [6.45, 7) is 3.66. The lowest BCUT2D eigenvalue weighted by molar-refractivity contribution is -0.141. The van der Waals surface area contributed by atoms with Gasteiger partial charge in [-0.25, -0.2) is 9.18 Å². The van der Waals surface area contributed by atoms with E-state index in [-0.39, 0.29) is 5.82 Å².